The van der Waals surface area contributed by atoms with E-state index in [4.69, 9.17) is 9.47 Å². The van der Waals surface area contributed by atoms with Crippen LogP contribution >= 0.6 is 0 Å². The van der Waals surface area contributed by atoms with Gasteiger partial charge in [0.15, 0.2) is 0 Å². The average molecular weight is 293 g/mol. The third-order valence-corrected chi connectivity index (χ3v) is 4.13. The van der Waals surface area contributed by atoms with Gasteiger partial charge in [-0.3, -0.25) is 9.69 Å². The lowest BCUT2D eigenvalue weighted by Crippen LogP contribution is -2.57. The Morgan fingerprint density at radius 1 is 1.19 bits per heavy atom. The fourth-order valence-electron chi connectivity index (χ4n) is 3.12. The summed E-state index contributed by atoms with van der Waals surface area (Å²) in [4.78, 5) is 14.0. The van der Waals surface area contributed by atoms with E-state index < -0.39 is 0 Å². The number of ketones is 1. The largest absolute Gasteiger partial charge is 0.494 e. The maximum Gasteiger partial charge on any atom is 0.136 e. The van der Waals surface area contributed by atoms with Gasteiger partial charge in [0.25, 0.3) is 0 Å². The minimum Gasteiger partial charge on any atom is -0.494 e. The van der Waals surface area contributed by atoms with Crippen LogP contribution in [0.5, 0.6) is 5.75 Å². The second-order valence-electron chi connectivity index (χ2n) is 5.69. The van der Waals surface area contributed by atoms with Gasteiger partial charge in [-0.25, -0.2) is 4.39 Å². The summed E-state index contributed by atoms with van der Waals surface area (Å²) < 4.78 is 23.9. The van der Waals surface area contributed by atoms with E-state index in [9.17, 15) is 9.18 Å². The van der Waals surface area contributed by atoms with Crippen molar-refractivity contribution in [3.05, 3.63) is 30.1 Å². The number of piperidine rings is 1. The van der Waals surface area contributed by atoms with Crippen molar-refractivity contribution in [2.45, 2.75) is 31.3 Å². The van der Waals surface area contributed by atoms with Crippen molar-refractivity contribution in [2.24, 2.45) is 0 Å². The van der Waals surface area contributed by atoms with E-state index in [0.717, 1.165) is 13.0 Å². The summed E-state index contributed by atoms with van der Waals surface area (Å²) in [5, 5.41) is 0. The normalized spacial score (nSPS) is 25.9. The van der Waals surface area contributed by atoms with Crippen LogP contribution in [0.4, 0.5) is 4.39 Å². The van der Waals surface area contributed by atoms with Gasteiger partial charge < -0.3 is 9.47 Å². The Morgan fingerprint density at radius 2 is 1.86 bits per heavy atom. The molecule has 2 atom stereocenters. The highest BCUT2D eigenvalue weighted by molar-refractivity contribution is 5.80. The van der Waals surface area contributed by atoms with Crippen molar-refractivity contribution in [2.75, 3.05) is 26.4 Å². The van der Waals surface area contributed by atoms with Crippen LogP contribution in [0.2, 0.25) is 0 Å². The first-order valence-corrected chi connectivity index (χ1v) is 7.46. The molecule has 0 aromatic heterocycles. The van der Waals surface area contributed by atoms with Crippen LogP contribution in [-0.4, -0.2) is 49.1 Å². The van der Waals surface area contributed by atoms with Gasteiger partial charge in [-0.1, -0.05) is 0 Å². The molecule has 0 spiro atoms. The maximum atomic E-state index is 12.8. The van der Waals surface area contributed by atoms with E-state index in [0.29, 0.717) is 44.2 Å². The quantitative estimate of drug-likeness (QED) is 0.779. The lowest BCUT2D eigenvalue weighted by atomic mass is 9.93. The molecule has 2 bridgehead atoms. The number of carbonyl (C=O) groups is 1. The number of benzene rings is 1. The molecule has 0 N–H and O–H groups in total. The smallest absolute Gasteiger partial charge is 0.136 e. The second-order valence-corrected chi connectivity index (χ2v) is 5.69. The molecular formula is C16H20FNO3. The Kier molecular flexibility index (Phi) is 4.51. The molecule has 1 aromatic carbocycles. The summed E-state index contributed by atoms with van der Waals surface area (Å²) in [5.41, 5.74) is 0. The standard InChI is InChI=1S/C16H20FNO3/c17-12-2-4-16(5-3-12)21-7-1-6-18-13-8-15(19)9-14(18)11-20-10-13/h2-5,13-14H,1,6-11H2. The average Bonchev–Trinajstić information content (AvgIpc) is 2.46. The van der Waals surface area contributed by atoms with Gasteiger partial charge in [0.1, 0.15) is 17.3 Å². The third-order valence-electron chi connectivity index (χ3n) is 4.13. The highest BCUT2D eigenvalue weighted by Crippen LogP contribution is 2.25. The zero-order valence-corrected chi connectivity index (χ0v) is 12.0. The molecule has 0 saturated carbocycles. The number of fused-ring (bicyclic) bond motifs is 2. The van der Waals surface area contributed by atoms with Gasteiger partial charge in [0, 0.05) is 31.5 Å². The van der Waals surface area contributed by atoms with Gasteiger partial charge >= 0.3 is 0 Å². The van der Waals surface area contributed by atoms with Crippen molar-refractivity contribution in [1.29, 1.82) is 0 Å². The molecule has 114 valence electrons. The molecule has 4 nitrogen and oxygen atoms in total. The lowest BCUT2D eigenvalue weighted by molar-refractivity contribution is -0.135. The molecule has 0 radical (unpaired) electrons. The third kappa shape index (κ3) is 3.60. The zero-order chi connectivity index (χ0) is 14.7. The van der Waals surface area contributed by atoms with Crippen LogP contribution in [0.1, 0.15) is 19.3 Å². The van der Waals surface area contributed by atoms with Crippen LogP contribution in [0.15, 0.2) is 24.3 Å². The fourth-order valence-corrected chi connectivity index (χ4v) is 3.12. The van der Waals surface area contributed by atoms with Gasteiger partial charge in [-0.15, -0.1) is 0 Å². The molecule has 2 heterocycles. The molecule has 2 saturated heterocycles. The topological polar surface area (TPSA) is 38.8 Å². The SMILES string of the molecule is O=C1CC2COCC(C1)N2CCCOc1ccc(F)cc1. The molecule has 1 aromatic rings. The highest BCUT2D eigenvalue weighted by Gasteiger charge is 2.37. The summed E-state index contributed by atoms with van der Waals surface area (Å²) in [6, 6.07) is 6.53. The maximum absolute atomic E-state index is 12.8. The van der Waals surface area contributed by atoms with E-state index >= 15 is 0 Å². The summed E-state index contributed by atoms with van der Waals surface area (Å²) in [7, 11) is 0. The summed E-state index contributed by atoms with van der Waals surface area (Å²) in [6.07, 6.45) is 2.10. The van der Waals surface area contributed by atoms with Gasteiger partial charge in [0.2, 0.25) is 0 Å². The Bertz CT molecular complexity index is 475. The Labute approximate surface area is 123 Å². The predicted octanol–water partition coefficient (Wildman–Crippen LogP) is 2.03. The van der Waals surface area contributed by atoms with Crippen molar-refractivity contribution in [1.82, 2.24) is 4.90 Å². The molecule has 3 rings (SSSR count). The molecular weight excluding hydrogens is 273 g/mol. The van der Waals surface area contributed by atoms with Crippen molar-refractivity contribution in [3.8, 4) is 5.75 Å². The minimum atomic E-state index is -0.256. The molecule has 2 fully saturated rings. The second kappa shape index (κ2) is 6.54. The predicted molar refractivity (Wildman–Crippen MR) is 75.9 cm³/mol. The number of hydrogen-bond donors (Lipinski definition) is 0. The van der Waals surface area contributed by atoms with Crippen molar-refractivity contribution >= 4 is 5.78 Å². The molecule has 2 unspecified atom stereocenters. The van der Waals surface area contributed by atoms with E-state index in [1.807, 2.05) is 0 Å². The first kappa shape index (κ1) is 14.5. The Morgan fingerprint density at radius 3 is 2.52 bits per heavy atom. The monoisotopic (exact) mass is 293 g/mol. The molecule has 2 aliphatic heterocycles. The summed E-state index contributed by atoms with van der Waals surface area (Å²) in [5.74, 6) is 0.786. The molecule has 0 aliphatic carbocycles. The van der Waals surface area contributed by atoms with Gasteiger partial charge in [0.05, 0.1) is 19.8 Å². The number of halogens is 1. The highest BCUT2D eigenvalue weighted by atomic mass is 19.1. The van der Waals surface area contributed by atoms with Gasteiger partial charge in [-0.05, 0) is 30.7 Å². The van der Waals surface area contributed by atoms with Crippen molar-refractivity contribution < 1.29 is 18.7 Å². The van der Waals surface area contributed by atoms with Crippen LogP contribution in [0.3, 0.4) is 0 Å². The Hall–Kier alpha value is -1.46. The number of hydrogen-bond acceptors (Lipinski definition) is 4. The number of rotatable bonds is 5. The van der Waals surface area contributed by atoms with E-state index in [-0.39, 0.29) is 17.9 Å². The van der Waals surface area contributed by atoms with Gasteiger partial charge in [-0.2, -0.15) is 0 Å². The van der Waals surface area contributed by atoms with Crippen LogP contribution in [0, 0.1) is 5.82 Å². The first-order chi connectivity index (χ1) is 10.2. The van der Waals surface area contributed by atoms with E-state index in [1.165, 1.54) is 12.1 Å². The number of ether oxygens (including phenoxy) is 2. The fraction of sp³-hybridized carbons (Fsp3) is 0.562. The number of morpholine rings is 1. The lowest BCUT2D eigenvalue weighted by Gasteiger charge is -2.45. The van der Waals surface area contributed by atoms with Crippen LogP contribution < -0.4 is 4.74 Å². The number of nitrogens with zero attached hydrogens (tertiary/aromatic N) is 1. The number of carbonyl (C=O) groups excluding carboxylic acids is 1. The molecule has 2 aliphatic rings. The zero-order valence-electron chi connectivity index (χ0n) is 12.0. The van der Waals surface area contributed by atoms with Crippen LogP contribution in [0.25, 0.3) is 0 Å². The summed E-state index contributed by atoms with van der Waals surface area (Å²) >= 11 is 0. The molecule has 21 heavy (non-hydrogen) atoms. The number of Topliss-reactive ketones (excluding diaryl/α,β-unsaturated/α-hetero) is 1. The van der Waals surface area contributed by atoms with E-state index in [2.05, 4.69) is 4.90 Å². The summed E-state index contributed by atoms with van der Waals surface area (Å²) in [6.45, 7) is 2.81. The van der Waals surface area contributed by atoms with Crippen LogP contribution in [-0.2, 0) is 9.53 Å². The van der Waals surface area contributed by atoms with E-state index in [1.54, 1.807) is 12.1 Å². The molecule has 0 amide bonds. The minimum absolute atomic E-state index is 0.232. The first-order valence-electron chi connectivity index (χ1n) is 7.46. The molecule has 5 heteroatoms. The van der Waals surface area contributed by atoms with Crippen molar-refractivity contribution in [3.63, 3.8) is 0 Å². The Balaban J connectivity index is 1.45.